The van der Waals surface area contributed by atoms with Gasteiger partial charge in [0.25, 0.3) is 5.91 Å². The first-order valence-corrected chi connectivity index (χ1v) is 10.3. The highest BCUT2D eigenvalue weighted by atomic mass is 32.2. The maximum atomic E-state index is 12.8. The summed E-state index contributed by atoms with van der Waals surface area (Å²) in [5, 5.41) is 6.66. The second-order valence-electron chi connectivity index (χ2n) is 6.40. The van der Waals surface area contributed by atoms with Crippen LogP contribution in [0.25, 0.3) is 17.0 Å². The van der Waals surface area contributed by atoms with Crippen molar-refractivity contribution in [3.8, 4) is 11.4 Å². The Morgan fingerprint density at radius 2 is 2.00 bits per heavy atom. The molecule has 1 amide bonds. The van der Waals surface area contributed by atoms with E-state index >= 15 is 0 Å². The molecule has 3 aromatic heterocycles. The summed E-state index contributed by atoms with van der Waals surface area (Å²) in [6.07, 6.45) is 5.30. The molecule has 4 aromatic rings. The van der Waals surface area contributed by atoms with Crippen molar-refractivity contribution in [3.05, 3.63) is 60.4 Å². The van der Waals surface area contributed by atoms with E-state index in [1.165, 1.54) is 12.6 Å². The number of anilines is 2. The summed E-state index contributed by atoms with van der Waals surface area (Å²) >= 11 is 0. The molecule has 11 heteroatoms. The third-order valence-corrected chi connectivity index (χ3v) is 4.76. The standard InChI is InChI=1S/C18H16N6O4S/c1-11-3-4-12(17-20-10-28-22-17)7-14(11)21-18(25)15-9-19-16-8-13(5-6-24(15)16)23-29(2,26)27/h3-10,23H,1-2H3,(H,21,25). The molecule has 29 heavy (non-hydrogen) atoms. The molecule has 2 N–H and O–H groups in total. The number of amides is 1. The van der Waals surface area contributed by atoms with Crippen molar-refractivity contribution in [3.63, 3.8) is 0 Å². The fourth-order valence-corrected chi connectivity index (χ4v) is 3.36. The minimum Gasteiger partial charge on any atom is -0.342 e. The van der Waals surface area contributed by atoms with Gasteiger partial charge in [-0.2, -0.15) is 4.98 Å². The molecule has 148 valence electrons. The van der Waals surface area contributed by atoms with Crippen molar-refractivity contribution in [1.82, 2.24) is 19.5 Å². The highest BCUT2D eigenvalue weighted by Crippen LogP contribution is 2.24. The summed E-state index contributed by atoms with van der Waals surface area (Å²) in [4.78, 5) is 21.0. The molecule has 0 saturated carbocycles. The van der Waals surface area contributed by atoms with Gasteiger partial charge in [0.2, 0.25) is 22.2 Å². The van der Waals surface area contributed by atoms with Crippen LogP contribution >= 0.6 is 0 Å². The molecule has 0 fully saturated rings. The third-order valence-electron chi connectivity index (χ3n) is 4.15. The highest BCUT2D eigenvalue weighted by Gasteiger charge is 2.15. The van der Waals surface area contributed by atoms with Crippen LogP contribution in [0.15, 0.2) is 53.6 Å². The third kappa shape index (κ3) is 3.94. The summed E-state index contributed by atoms with van der Waals surface area (Å²) in [5.41, 5.74) is 3.26. The maximum absolute atomic E-state index is 12.8. The number of pyridine rings is 1. The van der Waals surface area contributed by atoms with Crippen molar-refractivity contribution in [2.24, 2.45) is 0 Å². The van der Waals surface area contributed by atoms with Crippen LogP contribution in [0.1, 0.15) is 16.1 Å². The van der Waals surface area contributed by atoms with Gasteiger partial charge in [-0.25, -0.2) is 13.4 Å². The van der Waals surface area contributed by atoms with Crippen LogP contribution in [0.4, 0.5) is 11.4 Å². The van der Waals surface area contributed by atoms with Gasteiger partial charge in [-0.15, -0.1) is 0 Å². The van der Waals surface area contributed by atoms with Gasteiger partial charge in [-0.3, -0.25) is 13.9 Å². The molecule has 0 radical (unpaired) electrons. The van der Waals surface area contributed by atoms with Crippen LogP contribution in [0, 0.1) is 6.92 Å². The van der Waals surface area contributed by atoms with Gasteiger partial charge in [0.1, 0.15) is 11.3 Å². The lowest BCUT2D eigenvalue weighted by molar-refractivity contribution is 0.102. The van der Waals surface area contributed by atoms with Crippen LogP contribution in [0.2, 0.25) is 0 Å². The van der Waals surface area contributed by atoms with E-state index in [1.807, 2.05) is 19.1 Å². The molecule has 3 heterocycles. The molecule has 0 bridgehead atoms. The number of benzene rings is 1. The Hall–Kier alpha value is -3.73. The molecule has 0 unspecified atom stereocenters. The number of fused-ring (bicyclic) bond motifs is 1. The number of hydrogen-bond acceptors (Lipinski definition) is 7. The molecule has 1 aromatic carbocycles. The Morgan fingerprint density at radius 1 is 1.17 bits per heavy atom. The van der Waals surface area contributed by atoms with Crippen LogP contribution in [0.3, 0.4) is 0 Å². The molecule has 0 aliphatic carbocycles. The number of carbonyl (C=O) groups is 1. The van der Waals surface area contributed by atoms with E-state index in [2.05, 4.69) is 25.2 Å². The van der Waals surface area contributed by atoms with Gasteiger partial charge in [0.05, 0.1) is 18.1 Å². The first kappa shape index (κ1) is 18.6. The summed E-state index contributed by atoms with van der Waals surface area (Å²) in [5.74, 6) is 0.0518. The summed E-state index contributed by atoms with van der Waals surface area (Å²) < 4.78 is 31.5. The maximum Gasteiger partial charge on any atom is 0.274 e. The van der Waals surface area contributed by atoms with Crippen molar-refractivity contribution in [1.29, 1.82) is 0 Å². The van der Waals surface area contributed by atoms with Crippen LogP contribution < -0.4 is 10.0 Å². The number of rotatable bonds is 5. The monoisotopic (exact) mass is 412 g/mol. The second kappa shape index (κ2) is 7.02. The van der Waals surface area contributed by atoms with Crippen molar-refractivity contribution in [2.75, 3.05) is 16.3 Å². The molecule has 0 aliphatic rings. The van der Waals surface area contributed by atoms with E-state index in [1.54, 1.807) is 28.8 Å². The number of aromatic nitrogens is 4. The van der Waals surface area contributed by atoms with E-state index in [0.717, 1.165) is 11.8 Å². The largest absolute Gasteiger partial charge is 0.342 e. The molecule has 0 atom stereocenters. The summed E-state index contributed by atoms with van der Waals surface area (Å²) in [6, 6.07) is 8.53. The zero-order valence-corrected chi connectivity index (χ0v) is 16.3. The van der Waals surface area contributed by atoms with Gasteiger partial charge in [-0.05, 0) is 24.6 Å². The van der Waals surface area contributed by atoms with Crippen molar-refractivity contribution < 1.29 is 17.7 Å². The van der Waals surface area contributed by atoms with Crippen molar-refractivity contribution >= 4 is 33.0 Å². The van der Waals surface area contributed by atoms with E-state index in [0.29, 0.717) is 34.1 Å². The van der Waals surface area contributed by atoms with E-state index < -0.39 is 10.0 Å². The fourth-order valence-electron chi connectivity index (χ4n) is 2.81. The average Bonchev–Trinajstić information content (AvgIpc) is 3.31. The predicted molar refractivity (Wildman–Crippen MR) is 106 cm³/mol. The molecule has 4 rings (SSSR count). The zero-order valence-electron chi connectivity index (χ0n) is 15.4. The van der Waals surface area contributed by atoms with Crippen molar-refractivity contribution in [2.45, 2.75) is 6.92 Å². The zero-order chi connectivity index (χ0) is 20.6. The van der Waals surface area contributed by atoms with E-state index in [9.17, 15) is 13.2 Å². The molecule has 0 saturated heterocycles. The lowest BCUT2D eigenvalue weighted by atomic mass is 10.1. The molecular formula is C18H16N6O4S. The molecule has 0 spiro atoms. The minimum absolute atomic E-state index is 0.301. The van der Waals surface area contributed by atoms with Crippen LogP contribution in [0.5, 0.6) is 0 Å². The SMILES string of the molecule is Cc1ccc(-c2ncon2)cc1NC(=O)c1cnc2cc(NS(C)(=O)=O)ccn12. The highest BCUT2D eigenvalue weighted by molar-refractivity contribution is 7.92. The quantitative estimate of drug-likeness (QED) is 0.514. The lowest BCUT2D eigenvalue weighted by Gasteiger charge is -2.10. The normalized spacial score (nSPS) is 11.5. The number of carbonyl (C=O) groups excluding carboxylic acids is 1. The summed E-state index contributed by atoms with van der Waals surface area (Å²) in [7, 11) is -3.41. The van der Waals surface area contributed by atoms with Crippen LogP contribution in [-0.2, 0) is 10.0 Å². The summed E-state index contributed by atoms with van der Waals surface area (Å²) in [6.45, 7) is 1.87. The Balaban J connectivity index is 1.62. The Labute approximate surface area is 165 Å². The first-order valence-electron chi connectivity index (χ1n) is 8.44. The average molecular weight is 412 g/mol. The van der Waals surface area contributed by atoms with Crippen LogP contribution in [-0.4, -0.2) is 40.1 Å². The molecule has 10 nitrogen and oxygen atoms in total. The van der Waals surface area contributed by atoms with Gasteiger partial charge in [-0.1, -0.05) is 17.3 Å². The number of nitrogens with one attached hydrogen (secondary N) is 2. The lowest BCUT2D eigenvalue weighted by Crippen LogP contribution is -2.15. The molecule has 0 aliphatic heterocycles. The number of hydrogen-bond donors (Lipinski definition) is 2. The number of imidazole rings is 1. The van der Waals surface area contributed by atoms with Gasteiger partial charge in [0, 0.05) is 23.5 Å². The second-order valence-corrected chi connectivity index (χ2v) is 8.15. The molecular weight excluding hydrogens is 396 g/mol. The van der Waals surface area contributed by atoms with E-state index in [4.69, 9.17) is 4.52 Å². The number of aryl methyl sites for hydroxylation is 1. The Kier molecular flexibility index (Phi) is 4.51. The van der Waals surface area contributed by atoms with E-state index in [-0.39, 0.29) is 5.91 Å². The number of sulfonamides is 1. The van der Waals surface area contributed by atoms with Gasteiger partial charge in [0.15, 0.2) is 0 Å². The van der Waals surface area contributed by atoms with Gasteiger partial charge < -0.3 is 9.84 Å². The Bertz CT molecular complexity index is 1310. The van der Waals surface area contributed by atoms with Gasteiger partial charge >= 0.3 is 0 Å². The first-order chi connectivity index (χ1) is 13.8. The smallest absolute Gasteiger partial charge is 0.274 e. The minimum atomic E-state index is -3.41. The Morgan fingerprint density at radius 3 is 2.72 bits per heavy atom. The number of nitrogens with zero attached hydrogens (tertiary/aromatic N) is 4. The predicted octanol–water partition coefficient (Wildman–Crippen LogP) is 2.32. The topological polar surface area (TPSA) is 131 Å². The fraction of sp³-hybridized carbons (Fsp3) is 0.111.